The highest BCUT2D eigenvalue weighted by Crippen LogP contribution is 2.28. The predicted octanol–water partition coefficient (Wildman–Crippen LogP) is 4.88. The van der Waals surface area contributed by atoms with E-state index in [0.717, 1.165) is 30.4 Å². The van der Waals surface area contributed by atoms with Gasteiger partial charge in [-0.3, -0.25) is 14.4 Å². The van der Waals surface area contributed by atoms with Gasteiger partial charge in [-0.2, -0.15) is 0 Å². The zero-order valence-corrected chi connectivity index (χ0v) is 26.5. The van der Waals surface area contributed by atoms with Crippen molar-refractivity contribution in [3.63, 3.8) is 0 Å². The maximum atomic E-state index is 14.5. The maximum Gasteiger partial charge on any atom is 0.408 e. The number of nitrogens with one attached hydrogen (secondary N) is 2. The second-order valence-corrected chi connectivity index (χ2v) is 11.7. The van der Waals surface area contributed by atoms with E-state index < -0.39 is 41.6 Å². The third-order valence-corrected chi connectivity index (χ3v) is 6.82. The van der Waals surface area contributed by atoms with E-state index >= 15 is 0 Å². The molecule has 0 saturated heterocycles. The summed E-state index contributed by atoms with van der Waals surface area (Å²) in [6, 6.07) is 9.80. The molecule has 0 aromatic heterocycles. The molecular formula is C33H47N3O7. The number of hydrogen-bond acceptors (Lipinski definition) is 7. The second kappa shape index (κ2) is 16.5. The Balaban J connectivity index is 2.61. The number of carbonyl (C=O) groups is 4. The van der Waals surface area contributed by atoms with E-state index in [0.29, 0.717) is 17.5 Å². The Hall–Kier alpha value is -4.08. The highest BCUT2D eigenvalue weighted by molar-refractivity contribution is 5.93. The van der Waals surface area contributed by atoms with Crippen molar-refractivity contribution in [2.24, 2.45) is 0 Å². The molecule has 2 rings (SSSR count). The molecular weight excluding hydrogens is 550 g/mol. The Morgan fingerprint density at radius 2 is 1.65 bits per heavy atom. The number of carbonyl (C=O) groups excluding carboxylic acids is 4. The average Bonchev–Trinajstić information content (AvgIpc) is 2.93. The first-order valence-corrected chi connectivity index (χ1v) is 14.7. The van der Waals surface area contributed by atoms with E-state index in [9.17, 15) is 24.3 Å². The van der Waals surface area contributed by atoms with E-state index in [4.69, 9.17) is 9.47 Å². The molecule has 10 heteroatoms. The summed E-state index contributed by atoms with van der Waals surface area (Å²) < 4.78 is 10.2. The lowest BCUT2D eigenvalue weighted by Crippen LogP contribution is -2.54. The summed E-state index contributed by atoms with van der Waals surface area (Å²) in [5, 5.41) is 15.1. The minimum atomic E-state index is -1.09. The molecule has 2 unspecified atom stereocenters. The topological polar surface area (TPSA) is 134 Å². The van der Waals surface area contributed by atoms with Gasteiger partial charge >= 0.3 is 12.1 Å². The molecule has 2 aromatic rings. The fourth-order valence-corrected chi connectivity index (χ4v) is 4.70. The summed E-state index contributed by atoms with van der Waals surface area (Å²) in [5.74, 6) is -1.57. The molecule has 0 radical (unpaired) electrons. The number of unbranched alkanes of at least 4 members (excludes halogenated alkanes) is 3. The minimum Gasteiger partial charge on any atom is -0.508 e. The van der Waals surface area contributed by atoms with Crippen LogP contribution in [0.25, 0.3) is 0 Å². The number of phenolic OH excluding ortho intramolecular Hbond substituents is 1. The van der Waals surface area contributed by atoms with Crippen LogP contribution in [0, 0.1) is 13.8 Å². The van der Waals surface area contributed by atoms with Gasteiger partial charge in [-0.25, -0.2) is 4.79 Å². The first-order valence-electron chi connectivity index (χ1n) is 14.7. The highest BCUT2D eigenvalue weighted by atomic mass is 16.6. The third-order valence-electron chi connectivity index (χ3n) is 6.82. The van der Waals surface area contributed by atoms with Crippen molar-refractivity contribution in [2.45, 2.75) is 91.3 Å². The first-order chi connectivity index (χ1) is 20.2. The van der Waals surface area contributed by atoms with Crippen LogP contribution < -0.4 is 10.6 Å². The second-order valence-electron chi connectivity index (χ2n) is 11.7. The van der Waals surface area contributed by atoms with Gasteiger partial charge in [-0.15, -0.1) is 0 Å². The zero-order valence-electron chi connectivity index (χ0n) is 26.5. The molecule has 0 saturated carbocycles. The van der Waals surface area contributed by atoms with Gasteiger partial charge in [0.25, 0.3) is 0 Å². The summed E-state index contributed by atoms with van der Waals surface area (Å²) in [4.78, 5) is 54.7. The summed E-state index contributed by atoms with van der Waals surface area (Å²) in [6.45, 7) is 11.0. The van der Waals surface area contributed by atoms with Gasteiger partial charge in [-0.1, -0.05) is 62.1 Å². The number of aryl methyl sites for hydroxylation is 2. The SMILES string of the molecule is CCCCCCN(C(=O)C(Cc1ccc(O)cc1)NC(=O)OC(C)(C)C)C(C(=O)NCC(=O)OC)c1ccc(C)cc1C. The molecule has 0 heterocycles. The molecule has 2 aromatic carbocycles. The number of amides is 3. The number of ether oxygens (including phenoxy) is 2. The fourth-order valence-electron chi connectivity index (χ4n) is 4.70. The highest BCUT2D eigenvalue weighted by Gasteiger charge is 2.37. The van der Waals surface area contributed by atoms with Gasteiger partial charge in [0.15, 0.2) is 0 Å². The molecule has 0 bridgehead atoms. The molecule has 2 atom stereocenters. The standard InChI is InChI=1S/C33H47N3O7/c1-8-9-10-11-18-36(29(30(39)34-21-28(38)42-7)26-17-12-22(2)19-23(26)3)31(40)27(35-32(41)43-33(4,5)6)20-24-13-15-25(37)16-14-24/h12-17,19,27,29,37H,8-11,18,20-21H2,1-7H3,(H,34,39)(H,35,41). The van der Waals surface area contributed by atoms with Gasteiger partial charge < -0.3 is 30.1 Å². The third kappa shape index (κ3) is 11.6. The Bertz CT molecular complexity index is 1240. The van der Waals surface area contributed by atoms with Crippen LogP contribution in [0.15, 0.2) is 42.5 Å². The minimum absolute atomic E-state index is 0.0708. The molecule has 236 valence electrons. The summed E-state index contributed by atoms with van der Waals surface area (Å²) in [7, 11) is 1.23. The number of hydrogen-bond donors (Lipinski definition) is 3. The maximum absolute atomic E-state index is 14.5. The van der Waals surface area contributed by atoms with Gasteiger partial charge in [0, 0.05) is 13.0 Å². The zero-order chi connectivity index (χ0) is 32.2. The van der Waals surface area contributed by atoms with Crippen LogP contribution in [-0.4, -0.2) is 65.7 Å². The van der Waals surface area contributed by atoms with Crippen LogP contribution in [-0.2, 0) is 30.3 Å². The van der Waals surface area contributed by atoms with Gasteiger partial charge in [-0.05, 0) is 69.9 Å². The van der Waals surface area contributed by atoms with Crippen molar-refractivity contribution in [3.05, 3.63) is 64.7 Å². The summed E-state index contributed by atoms with van der Waals surface area (Å²) >= 11 is 0. The Labute approximate surface area is 255 Å². The van der Waals surface area contributed by atoms with Gasteiger partial charge in [0.1, 0.15) is 30.0 Å². The van der Waals surface area contributed by atoms with E-state index in [1.54, 1.807) is 32.9 Å². The summed E-state index contributed by atoms with van der Waals surface area (Å²) in [5.41, 5.74) is 2.30. The van der Waals surface area contributed by atoms with Crippen molar-refractivity contribution in [3.8, 4) is 5.75 Å². The molecule has 3 amide bonds. The first kappa shape index (κ1) is 35.1. The van der Waals surface area contributed by atoms with Crippen LogP contribution in [0.4, 0.5) is 4.79 Å². The van der Waals surface area contributed by atoms with Crippen LogP contribution in [0.1, 0.15) is 81.7 Å². The largest absolute Gasteiger partial charge is 0.508 e. The van der Waals surface area contributed by atoms with Crippen molar-refractivity contribution in [1.82, 2.24) is 15.5 Å². The monoisotopic (exact) mass is 597 g/mol. The number of aromatic hydroxyl groups is 1. The van der Waals surface area contributed by atoms with Gasteiger partial charge in [0.05, 0.1) is 7.11 Å². The van der Waals surface area contributed by atoms with Crippen LogP contribution >= 0.6 is 0 Å². The quantitative estimate of drug-likeness (QED) is 0.209. The number of nitrogens with zero attached hydrogens (tertiary/aromatic N) is 1. The Kier molecular flexibility index (Phi) is 13.5. The van der Waals surface area contributed by atoms with E-state index in [1.807, 2.05) is 32.0 Å². The summed E-state index contributed by atoms with van der Waals surface area (Å²) in [6.07, 6.45) is 2.73. The lowest BCUT2D eigenvalue weighted by atomic mass is 9.95. The number of alkyl carbamates (subject to hydrolysis) is 1. The molecule has 10 nitrogen and oxygen atoms in total. The molecule has 0 fully saturated rings. The number of methoxy groups -OCH3 is 1. The molecule has 43 heavy (non-hydrogen) atoms. The van der Waals surface area contributed by atoms with Crippen molar-refractivity contribution >= 4 is 23.9 Å². The molecule has 0 aliphatic heterocycles. The van der Waals surface area contributed by atoms with Crippen molar-refractivity contribution in [1.29, 1.82) is 0 Å². The Morgan fingerprint density at radius 1 is 0.977 bits per heavy atom. The number of esters is 1. The Morgan fingerprint density at radius 3 is 2.23 bits per heavy atom. The fraction of sp³-hybridized carbons (Fsp3) is 0.515. The number of rotatable bonds is 14. The molecule has 0 aliphatic rings. The van der Waals surface area contributed by atoms with Crippen molar-refractivity contribution < 1.29 is 33.8 Å². The number of benzene rings is 2. The molecule has 0 spiro atoms. The van der Waals surface area contributed by atoms with E-state index in [2.05, 4.69) is 17.6 Å². The van der Waals surface area contributed by atoms with Crippen LogP contribution in [0.5, 0.6) is 5.75 Å². The van der Waals surface area contributed by atoms with Crippen LogP contribution in [0.3, 0.4) is 0 Å². The van der Waals surface area contributed by atoms with Crippen molar-refractivity contribution in [2.75, 3.05) is 20.2 Å². The number of phenols is 1. The van der Waals surface area contributed by atoms with Crippen LogP contribution in [0.2, 0.25) is 0 Å². The van der Waals surface area contributed by atoms with Gasteiger partial charge in [0.2, 0.25) is 11.8 Å². The smallest absolute Gasteiger partial charge is 0.408 e. The normalized spacial score (nSPS) is 12.5. The lowest BCUT2D eigenvalue weighted by molar-refractivity contribution is -0.144. The molecule has 0 aliphatic carbocycles. The average molecular weight is 598 g/mol. The predicted molar refractivity (Wildman–Crippen MR) is 165 cm³/mol. The molecule has 3 N–H and O–H groups in total. The van der Waals surface area contributed by atoms with E-state index in [-0.39, 0.29) is 25.3 Å². The van der Waals surface area contributed by atoms with E-state index in [1.165, 1.54) is 24.1 Å². The lowest BCUT2D eigenvalue weighted by Gasteiger charge is -2.35.